The summed E-state index contributed by atoms with van der Waals surface area (Å²) >= 11 is 0. The van der Waals surface area contributed by atoms with Gasteiger partial charge in [0, 0.05) is 34.9 Å². The van der Waals surface area contributed by atoms with Gasteiger partial charge in [-0.2, -0.15) is 26.3 Å². The lowest BCUT2D eigenvalue weighted by Crippen LogP contribution is -2.12. The van der Waals surface area contributed by atoms with Crippen molar-refractivity contribution in [2.24, 2.45) is 0 Å². The van der Waals surface area contributed by atoms with E-state index in [0.29, 0.717) is 22.7 Å². The first-order chi connectivity index (χ1) is 21.1. The molecule has 1 saturated carbocycles. The minimum absolute atomic E-state index is 0.0512. The summed E-state index contributed by atoms with van der Waals surface area (Å²) in [6.45, 7) is 0. The molecule has 0 aliphatic heterocycles. The number of nitro benzene ring substituents is 2. The standard InChI is InChI=1S/C26H15F6N2O6P.C4H8/c27-25(28,29)22-13-16(33(35)36)3-11-21(22)15-1-7-19(8-2-15)41(39)20-9-5-18(6-10-20)40-24-12-4-17(34(37)38)14-23(24)26(30,31)32;1-2-4-3-1/h1-14,39H;1-4H2. The second-order valence-electron chi connectivity index (χ2n) is 9.79. The van der Waals surface area contributed by atoms with Crippen molar-refractivity contribution in [3.63, 3.8) is 0 Å². The van der Waals surface area contributed by atoms with Crippen molar-refractivity contribution >= 4 is 30.1 Å². The van der Waals surface area contributed by atoms with Gasteiger partial charge in [0.2, 0.25) is 0 Å². The van der Waals surface area contributed by atoms with Crippen LogP contribution in [0.5, 0.6) is 11.5 Å². The van der Waals surface area contributed by atoms with E-state index in [0.717, 1.165) is 24.3 Å². The predicted octanol–water partition coefficient (Wildman–Crippen LogP) is 8.90. The van der Waals surface area contributed by atoms with Crippen LogP contribution in [0.1, 0.15) is 36.8 Å². The smallest absolute Gasteiger partial charge is 0.420 e. The Morgan fingerprint density at radius 1 is 0.644 bits per heavy atom. The number of nitrogens with zero attached hydrogens (tertiary/aromatic N) is 2. The fraction of sp³-hybridized carbons (Fsp3) is 0.200. The van der Waals surface area contributed by atoms with Gasteiger partial charge in [-0.3, -0.25) is 20.2 Å². The number of ether oxygens (including phenoxy) is 1. The van der Waals surface area contributed by atoms with Crippen molar-refractivity contribution in [1.29, 1.82) is 0 Å². The molecule has 0 saturated heterocycles. The van der Waals surface area contributed by atoms with Crippen molar-refractivity contribution in [1.82, 2.24) is 0 Å². The van der Waals surface area contributed by atoms with Crippen LogP contribution in [0.3, 0.4) is 0 Å². The second-order valence-corrected chi connectivity index (χ2v) is 11.4. The van der Waals surface area contributed by atoms with Gasteiger partial charge in [-0.1, -0.05) is 49.9 Å². The molecule has 1 aliphatic carbocycles. The minimum atomic E-state index is -4.93. The molecule has 0 bridgehead atoms. The van der Waals surface area contributed by atoms with Crippen molar-refractivity contribution in [2.45, 2.75) is 38.0 Å². The molecule has 5 rings (SSSR count). The van der Waals surface area contributed by atoms with Gasteiger partial charge in [-0.15, -0.1) is 0 Å². The molecule has 15 heteroatoms. The molecular weight excluding hydrogens is 629 g/mol. The fourth-order valence-corrected chi connectivity index (χ4v) is 5.20. The highest BCUT2D eigenvalue weighted by Gasteiger charge is 2.37. The lowest BCUT2D eigenvalue weighted by molar-refractivity contribution is -0.385. The Kier molecular flexibility index (Phi) is 10.1. The molecule has 0 amide bonds. The largest absolute Gasteiger partial charge is 0.457 e. The first-order valence-corrected chi connectivity index (χ1v) is 14.5. The highest BCUT2D eigenvalue weighted by molar-refractivity contribution is 7.67. The number of benzene rings is 4. The van der Waals surface area contributed by atoms with Crippen LogP contribution in [0.2, 0.25) is 0 Å². The Hall–Kier alpha value is -4.55. The van der Waals surface area contributed by atoms with E-state index in [2.05, 4.69) is 0 Å². The molecule has 0 heterocycles. The summed E-state index contributed by atoms with van der Waals surface area (Å²) in [5.74, 6) is -0.716. The SMILES string of the molecule is C1CCC1.O=[N+]([O-])c1ccc(Oc2ccc(P(O)c3ccc(-c4ccc([N+](=O)[O-])cc4C(F)(F)F)cc3)cc2)c(C(F)(F)F)c1. The van der Waals surface area contributed by atoms with Crippen LogP contribution in [0.4, 0.5) is 37.7 Å². The maximum atomic E-state index is 13.6. The van der Waals surface area contributed by atoms with Crippen LogP contribution in [-0.2, 0) is 12.4 Å². The maximum absolute atomic E-state index is 13.6. The number of rotatable bonds is 7. The number of non-ortho nitro benzene ring substituents is 2. The lowest BCUT2D eigenvalue weighted by atomic mass is 9.99. The van der Waals surface area contributed by atoms with Gasteiger partial charge < -0.3 is 9.63 Å². The normalized spacial score (nSPS) is 13.6. The lowest BCUT2D eigenvalue weighted by Gasteiger charge is -2.16. The van der Waals surface area contributed by atoms with Crippen LogP contribution >= 0.6 is 8.15 Å². The van der Waals surface area contributed by atoms with Gasteiger partial charge in [0.1, 0.15) is 17.1 Å². The van der Waals surface area contributed by atoms with Gasteiger partial charge >= 0.3 is 12.4 Å². The zero-order chi connectivity index (χ0) is 32.9. The Morgan fingerprint density at radius 3 is 1.53 bits per heavy atom. The Bertz CT molecular complexity index is 1670. The third kappa shape index (κ3) is 8.34. The monoisotopic (exact) mass is 652 g/mol. The first-order valence-electron chi connectivity index (χ1n) is 13.2. The zero-order valence-electron chi connectivity index (χ0n) is 23.0. The first kappa shape index (κ1) is 33.3. The molecule has 45 heavy (non-hydrogen) atoms. The molecule has 1 fully saturated rings. The van der Waals surface area contributed by atoms with Crippen LogP contribution < -0.4 is 15.3 Å². The number of hydrogen-bond donors (Lipinski definition) is 1. The zero-order valence-corrected chi connectivity index (χ0v) is 23.9. The third-order valence-corrected chi connectivity index (χ3v) is 8.31. The molecule has 4 aromatic rings. The van der Waals surface area contributed by atoms with Crippen LogP contribution in [-0.4, -0.2) is 14.7 Å². The average Bonchev–Trinajstić information content (AvgIpc) is 2.95. The number of nitro groups is 2. The summed E-state index contributed by atoms with van der Waals surface area (Å²) in [6.07, 6.45) is -3.79. The van der Waals surface area contributed by atoms with Gasteiger partial charge in [-0.25, -0.2) is 0 Å². The molecule has 4 aromatic carbocycles. The third-order valence-electron chi connectivity index (χ3n) is 6.73. The predicted molar refractivity (Wildman–Crippen MR) is 155 cm³/mol. The number of halogens is 6. The van der Waals surface area contributed by atoms with E-state index in [-0.39, 0.29) is 16.9 Å². The average molecular weight is 652 g/mol. The Balaban J connectivity index is 0.00000107. The molecule has 1 atom stereocenters. The van der Waals surface area contributed by atoms with Crippen molar-refractivity contribution in [3.8, 4) is 22.6 Å². The van der Waals surface area contributed by atoms with Gasteiger partial charge in [0.15, 0.2) is 0 Å². The molecule has 8 nitrogen and oxygen atoms in total. The van der Waals surface area contributed by atoms with E-state index in [1.807, 2.05) is 0 Å². The summed E-state index contributed by atoms with van der Waals surface area (Å²) < 4.78 is 86.2. The quantitative estimate of drug-likeness (QED) is 0.0923. The molecular formula is C30H23F6N2O6P. The summed E-state index contributed by atoms with van der Waals surface area (Å²) in [4.78, 5) is 30.7. The Labute approximate surface area is 253 Å². The number of hydrogen-bond acceptors (Lipinski definition) is 6. The Morgan fingerprint density at radius 2 is 1.09 bits per heavy atom. The summed E-state index contributed by atoms with van der Waals surface area (Å²) in [7, 11) is -2.03. The van der Waals surface area contributed by atoms with Gasteiger partial charge in [-0.05, 0) is 47.5 Å². The summed E-state index contributed by atoms with van der Waals surface area (Å²) in [6, 6.07) is 15.2. The highest BCUT2D eigenvalue weighted by Crippen LogP contribution is 2.41. The number of alkyl halides is 6. The van der Waals surface area contributed by atoms with Crippen molar-refractivity contribution in [3.05, 3.63) is 116 Å². The van der Waals surface area contributed by atoms with E-state index < -0.39 is 58.6 Å². The molecule has 0 radical (unpaired) electrons. The van der Waals surface area contributed by atoms with E-state index in [1.165, 1.54) is 74.2 Å². The van der Waals surface area contributed by atoms with Gasteiger partial charge in [0.05, 0.1) is 23.6 Å². The molecule has 1 N–H and O–H groups in total. The maximum Gasteiger partial charge on any atom is 0.420 e. The second kappa shape index (κ2) is 13.6. The fourth-order valence-electron chi connectivity index (χ4n) is 4.04. The molecule has 1 aliphatic rings. The van der Waals surface area contributed by atoms with E-state index in [4.69, 9.17) is 4.74 Å². The van der Waals surface area contributed by atoms with Crippen molar-refractivity contribution < 1.29 is 45.8 Å². The van der Waals surface area contributed by atoms with E-state index in [9.17, 15) is 51.5 Å². The van der Waals surface area contributed by atoms with Gasteiger partial charge in [0.25, 0.3) is 11.4 Å². The van der Waals surface area contributed by atoms with Crippen LogP contribution in [0.15, 0.2) is 84.9 Å². The van der Waals surface area contributed by atoms with E-state index >= 15 is 0 Å². The van der Waals surface area contributed by atoms with Crippen LogP contribution in [0, 0.1) is 20.2 Å². The topological polar surface area (TPSA) is 116 Å². The van der Waals surface area contributed by atoms with Crippen molar-refractivity contribution in [2.75, 3.05) is 0 Å². The summed E-state index contributed by atoms with van der Waals surface area (Å²) in [5, 5.41) is 22.5. The molecule has 0 spiro atoms. The highest BCUT2D eigenvalue weighted by atomic mass is 31.1. The van der Waals surface area contributed by atoms with E-state index in [1.54, 1.807) is 0 Å². The summed E-state index contributed by atoms with van der Waals surface area (Å²) in [5.41, 5.74) is -4.20. The molecule has 236 valence electrons. The van der Waals surface area contributed by atoms with Crippen LogP contribution in [0.25, 0.3) is 11.1 Å². The molecule has 1 unspecified atom stereocenters. The molecule has 0 aromatic heterocycles. The minimum Gasteiger partial charge on any atom is -0.457 e.